The summed E-state index contributed by atoms with van der Waals surface area (Å²) in [6, 6.07) is 5.83. The Kier molecular flexibility index (Phi) is 5.95. The summed E-state index contributed by atoms with van der Waals surface area (Å²) in [6.07, 6.45) is 0.900. The van der Waals surface area contributed by atoms with E-state index in [0.29, 0.717) is 0 Å². The number of hydrogen-bond donors (Lipinski definition) is 2. The van der Waals surface area contributed by atoms with Crippen molar-refractivity contribution in [3.63, 3.8) is 0 Å². The summed E-state index contributed by atoms with van der Waals surface area (Å²) in [6.45, 7) is 2.22. The van der Waals surface area contributed by atoms with Gasteiger partial charge in [0, 0.05) is 30.2 Å². The number of rotatable bonds is 7. The minimum Gasteiger partial charge on any atom is -0.497 e. The van der Waals surface area contributed by atoms with Crippen LogP contribution in [0.4, 0.5) is 0 Å². The molecular weight excluding hydrogens is 230 g/mol. The molecule has 1 aromatic carbocycles. The molecule has 0 radical (unpaired) electrons. The maximum absolute atomic E-state index is 9.45. The Balaban J connectivity index is 3.11. The number of methoxy groups -OCH3 is 2. The van der Waals surface area contributed by atoms with Crippen molar-refractivity contribution in [3.05, 3.63) is 23.8 Å². The van der Waals surface area contributed by atoms with Crippen molar-refractivity contribution < 1.29 is 14.6 Å². The van der Waals surface area contributed by atoms with E-state index in [-0.39, 0.29) is 18.6 Å². The second kappa shape index (κ2) is 7.24. The molecule has 0 heterocycles. The summed E-state index contributed by atoms with van der Waals surface area (Å²) in [4.78, 5) is 0. The Labute approximate surface area is 109 Å². The fourth-order valence-electron chi connectivity index (χ4n) is 2.19. The molecule has 0 saturated carbocycles. The maximum Gasteiger partial charge on any atom is 0.127 e. The Morgan fingerprint density at radius 3 is 2.44 bits per heavy atom. The van der Waals surface area contributed by atoms with Crippen LogP contribution in [0.3, 0.4) is 0 Å². The van der Waals surface area contributed by atoms with Gasteiger partial charge >= 0.3 is 0 Å². The molecule has 0 aliphatic heterocycles. The molecule has 2 atom stereocenters. The minimum atomic E-state index is 0.0702. The summed E-state index contributed by atoms with van der Waals surface area (Å²) in [5.74, 6) is 1.71. The van der Waals surface area contributed by atoms with Crippen molar-refractivity contribution in [3.8, 4) is 11.5 Å². The van der Waals surface area contributed by atoms with Crippen LogP contribution < -0.4 is 14.8 Å². The highest BCUT2D eigenvalue weighted by molar-refractivity contribution is 5.42. The monoisotopic (exact) mass is 253 g/mol. The van der Waals surface area contributed by atoms with Gasteiger partial charge in [-0.1, -0.05) is 13.0 Å². The zero-order chi connectivity index (χ0) is 13.5. The van der Waals surface area contributed by atoms with Crippen LogP contribution in [0.2, 0.25) is 0 Å². The molecule has 0 bridgehead atoms. The third kappa shape index (κ3) is 3.15. The quantitative estimate of drug-likeness (QED) is 0.780. The number of benzene rings is 1. The van der Waals surface area contributed by atoms with Gasteiger partial charge in [-0.15, -0.1) is 0 Å². The molecule has 0 fully saturated rings. The summed E-state index contributed by atoms with van der Waals surface area (Å²) in [5, 5.41) is 12.7. The third-order valence-corrected chi connectivity index (χ3v) is 3.32. The van der Waals surface area contributed by atoms with Crippen LogP contribution in [-0.2, 0) is 0 Å². The van der Waals surface area contributed by atoms with Gasteiger partial charge in [0.25, 0.3) is 0 Å². The molecule has 4 heteroatoms. The first-order chi connectivity index (χ1) is 8.71. The molecule has 0 aliphatic rings. The van der Waals surface area contributed by atoms with Gasteiger partial charge in [0.15, 0.2) is 0 Å². The summed E-state index contributed by atoms with van der Waals surface area (Å²) < 4.78 is 10.6. The summed E-state index contributed by atoms with van der Waals surface area (Å²) in [5.41, 5.74) is 1.04. The number of aliphatic hydroxyl groups is 1. The lowest BCUT2D eigenvalue weighted by atomic mass is 9.91. The van der Waals surface area contributed by atoms with E-state index in [1.54, 1.807) is 14.2 Å². The van der Waals surface area contributed by atoms with E-state index in [1.807, 2.05) is 25.2 Å². The molecule has 4 nitrogen and oxygen atoms in total. The molecule has 0 saturated heterocycles. The molecule has 102 valence electrons. The maximum atomic E-state index is 9.45. The number of hydrogen-bond acceptors (Lipinski definition) is 4. The van der Waals surface area contributed by atoms with Crippen LogP contribution in [0.5, 0.6) is 11.5 Å². The van der Waals surface area contributed by atoms with Gasteiger partial charge in [0.1, 0.15) is 11.5 Å². The second-order valence-electron chi connectivity index (χ2n) is 4.23. The Hall–Kier alpha value is -1.26. The average molecular weight is 253 g/mol. The SMILES string of the molecule is CCC(CO)C(NC)c1ccc(OC)cc1OC. The smallest absolute Gasteiger partial charge is 0.127 e. The minimum absolute atomic E-state index is 0.0702. The summed E-state index contributed by atoms with van der Waals surface area (Å²) >= 11 is 0. The molecule has 0 aliphatic carbocycles. The number of nitrogens with one attached hydrogen (secondary N) is 1. The lowest BCUT2D eigenvalue weighted by Crippen LogP contribution is -2.27. The predicted molar refractivity (Wildman–Crippen MR) is 72.2 cm³/mol. The molecule has 0 amide bonds. The van der Waals surface area contributed by atoms with Crippen molar-refractivity contribution in [1.82, 2.24) is 5.32 Å². The normalized spacial score (nSPS) is 14.1. The van der Waals surface area contributed by atoms with Gasteiger partial charge in [-0.25, -0.2) is 0 Å². The molecule has 0 spiro atoms. The topological polar surface area (TPSA) is 50.7 Å². The molecule has 2 N–H and O–H groups in total. The largest absolute Gasteiger partial charge is 0.497 e. The van der Waals surface area contributed by atoms with Crippen molar-refractivity contribution in [2.75, 3.05) is 27.9 Å². The molecular formula is C14H23NO3. The second-order valence-corrected chi connectivity index (χ2v) is 4.23. The molecule has 1 aromatic rings. The van der Waals surface area contributed by atoms with Gasteiger partial charge < -0.3 is 19.9 Å². The zero-order valence-corrected chi connectivity index (χ0v) is 11.6. The fraction of sp³-hybridized carbons (Fsp3) is 0.571. The third-order valence-electron chi connectivity index (χ3n) is 3.32. The molecule has 2 unspecified atom stereocenters. The lowest BCUT2D eigenvalue weighted by Gasteiger charge is -2.26. The van der Waals surface area contributed by atoms with Crippen LogP contribution in [0, 0.1) is 5.92 Å². The van der Waals surface area contributed by atoms with E-state index >= 15 is 0 Å². The van der Waals surface area contributed by atoms with Gasteiger partial charge in [0.05, 0.1) is 14.2 Å². The first-order valence-electron chi connectivity index (χ1n) is 6.21. The van der Waals surface area contributed by atoms with E-state index in [4.69, 9.17) is 9.47 Å². The highest BCUT2D eigenvalue weighted by atomic mass is 16.5. The van der Waals surface area contributed by atoms with Crippen LogP contribution in [0.15, 0.2) is 18.2 Å². The van der Waals surface area contributed by atoms with Crippen LogP contribution >= 0.6 is 0 Å². The summed E-state index contributed by atoms with van der Waals surface area (Å²) in [7, 11) is 5.17. The first-order valence-corrected chi connectivity index (χ1v) is 6.21. The zero-order valence-electron chi connectivity index (χ0n) is 11.6. The van der Waals surface area contributed by atoms with Crippen molar-refractivity contribution >= 4 is 0 Å². The molecule has 18 heavy (non-hydrogen) atoms. The highest BCUT2D eigenvalue weighted by Gasteiger charge is 2.22. The Bertz CT molecular complexity index is 364. The number of aliphatic hydroxyl groups excluding tert-OH is 1. The first kappa shape index (κ1) is 14.8. The van der Waals surface area contributed by atoms with Crippen molar-refractivity contribution in [2.45, 2.75) is 19.4 Å². The molecule has 0 aromatic heterocycles. The average Bonchev–Trinajstić information content (AvgIpc) is 2.44. The van der Waals surface area contributed by atoms with Gasteiger partial charge in [-0.05, 0) is 19.5 Å². The molecule has 1 rings (SSSR count). The van der Waals surface area contributed by atoms with Crippen LogP contribution in [-0.4, -0.2) is 33.0 Å². The van der Waals surface area contributed by atoms with Crippen molar-refractivity contribution in [2.24, 2.45) is 5.92 Å². The van der Waals surface area contributed by atoms with E-state index in [2.05, 4.69) is 12.2 Å². The fourth-order valence-corrected chi connectivity index (χ4v) is 2.19. The van der Waals surface area contributed by atoms with E-state index < -0.39 is 0 Å². The van der Waals surface area contributed by atoms with E-state index in [0.717, 1.165) is 23.5 Å². The van der Waals surface area contributed by atoms with E-state index in [9.17, 15) is 5.11 Å². The van der Waals surface area contributed by atoms with Gasteiger partial charge in [-0.2, -0.15) is 0 Å². The Morgan fingerprint density at radius 1 is 1.28 bits per heavy atom. The van der Waals surface area contributed by atoms with Crippen LogP contribution in [0.25, 0.3) is 0 Å². The number of ether oxygens (including phenoxy) is 2. The van der Waals surface area contributed by atoms with Gasteiger partial charge in [-0.3, -0.25) is 0 Å². The van der Waals surface area contributed by atoms with Gasteiger partial charge in [0.2, 0.25) is 0 Å². The van der Waals surface area contributed by atoms with E-state index in [1.165, 1.54) is 0 Å². The lowest BCUT2D eigenvalue weighted by molar-refractivity contribution is 0.187. The highest BCUT2D eigenvalue weighted by Crippen LogP contribution is 2.33. The van der Waals surface area contributed by atoms with Crippen molar-refractivity contribution in [1.29, 1.82) is 0 Å². The predicted octanol–water partition coefficient (Wildman–Crippen LogP) is 1.98. The van der Waals surface area contributed by atoms with Crippen LogP contribution in [0.1, 0.15) is 24.9 Å². The Morgan fingerprint density at radius 2 is 2.00 bits per heavy atom. The standard InChI is InChI=1S/C14H23NO3/c1-5-10(9-16)14(15-2)12-7-6-11(17-3)8-13(12)18-4/h6-8,10,14-16H,5,9H2,1-4H3.